The van der Waals surface area contributed by atoms with Gasteiger partial charge in [0.2, 0.25) is 5.58 Å². The molecule has 4 rings (SSSR count). The minimum Gasteiger partial charge on any atom is -0.448 e. The molecule has 0 fully saturated rings. The molecule has 0 aliphatic rings. The number of aromatic nitrogens is 5. The number of hydrogen-bond acceptors (Lipinski definition) is 5. The molecule has 0 radical (unpaired) electrons. The van der Waals surface area contributed by atoms with Crippen LogP contribution in [0.5, 0.6) is 0 Å². The molecule has 0 aliphatic heterocycles. The molecular weight excluding hydrogens is 294 g/mol. The van der Waals surface area contributed by atoms with Crippen LogP contribution in [0.25, 0.3) is 22.1 Å². The molecule has 23 heavy (non-hydrogen) atoms. The fraction of sp³-hybridized carbons (Fsp3) is 0.250. The van der Waals surface area contributed by atoms with Crippen molar-refractivity contribution in [1.29, 1.82) is 0 Å². The van der Waals surface area contributed by atoms with E-state index in [9.17, 15) is 4.79 Å². The van der Waals surface area contributed by atoms with Crippen molar-refractivity contribution >= 4 is 22.1 Å². The number of benzene rings is 1. The maximum absolute atomic E-state index is 12.7. The highest BCUT2D eigenvalue weighted by Crippen LogP contribution is 2.24. The standard InChI is InChI=1S/C16H15N5O2/c1-2-7-21-13(17-9-19-21)8-20-10-18-14-11-5-3-4-6-12(11)23-15(14)16(20)22/h3-6,9-10H,2,7-8H2,1H3. The minimum absolute atomic E-state index is 0.211. The highest BCUT2D eigenvalue weighted by molar-refractivity contribution is 6.01. The highest BCUT2D eigenvalue weighted by atomic mass is 16.3. The Morgan fingerprint density at radius 1 is 1.22 bits per heavy atom. The zero-order valence-corrected chi connectivity index (χ0v) is 12.6. The Hall–Kier alpha value is -2.96. The molecular formula is C16H15N5O2. The lowest BCUT2D eigenvalue weighted by molar-refractivity contribution is 0.546. The predicted molar refractivity (Wildman–Crippen MR) is 85.2 cm³/mol. The van der Waals surface area contributed by atoms with Crippen LogP contribution in [0.2, 0.25) is 0 Å². The molecule has 7 heteroatoms. The first-order valence-corrected chi connectivity index (χ1v) is 7.51. The second-order valence-electron chi connectivity index (χ2n) is 5.35. The monoisotopic (exact) mass is 309 g/mol. The summed E-state index contributed by atoms with van der Waals surface area (Å²) in [6.07, 6.45) is 3.99. The summed E-state index contributed by atoms with van der Waals surface area (Å²) in [4.78, 5) is 21.3. The molecule has 0 saturated carbocycles. The molecule has 0 bridgehead atoms. The maximum Gasteiger partial charge on any atom is 0.297 e. The van der Waals surface area contributed by atoms with Gasteiger partial charge >= 0.3 is 0 Å². The third kappa shape index (κ3) is 2.21. The van der Waals surface area contributed by atoms with Gasteiger partial charge in [-0.3, -0.25) is 9.36 Å². The molecule has 0 aliphatic carbocycles. The number of fused-ring (bicyclic) bond motifs is 3. The maximum atomic E-state index is 12.7. The summed E-state index contributed by atoms with van der Waals surface area (Å²) < 4.78 is 8.98. The van der Waals surface area contributed by atoms with Crippen molar-refractivity contribution < 1.29 is 4.42 Å². The molecule has 7 nitrogen and oxygen atoms in total. The quantitative estimate of drug-likeness (QED) is 0.577. The summed E-state index contributed by atoms with van der Waals surface area (Å²) in [5, 5.41) is 5.02. The van der Waals surface area contributed by atoms with Gasteiger partial charge in [-0.2, -0.15) is 5.10 Å². The summed E-state index contributed by atoms with van der Waals surface area (Å²) in [5.41, 5.74) is 1.32. The van der Waals surface area contributed by atoms with Crippen molar-refractivity contribution in [3.05, 3.63) is 53.1 Å². The fourth-order valence-electron chi connectivity index (χ4n) is 2.69. The minimum atomic E-state index is -0.211. The number of hydrogen-bond donors (Lipinski definition) is 0. The van der Waals surface area contributed by atoms with Gasteiger partial charge in [0.15, 0.2) is 0 Å². The summed E-state index contributed by atoms with van der Waals surface area (Å²) in [6, 6.07) is 7.50. The largest absolute Gasteiger partial charge is 0.448 e. The van der Waals surface area contributed by atoms with Gasteiger partial charge in [-0.1, -0.05) is 19.1 Å². The Balaban J connectivity index is 1.82. The van der Waals surface area contributed by atoms with E-state index in [1.54, 1.807) is 4.68 Å². The summed E-state index contributed by atoms with van der Waals surface area (Å²) in [6.45, 7) is 3.16. The summed E-state index contributed by atoms with van der Waals surface area (Å²) in [5.74, 6) is 0.728. The number of furan rings is 1. The normalized spacial score (nSPS) is 11.5. The van der Waals surface area contributed by atoms with Crippen molar-refractivity contribution in [2.24, 2.45) is 0 Å². The van der Waals surface area contributed by atoms with Gasteiger partial charge in [-0.05, 0) is 18.6 Å². The fourth-order valence-corrected chi connectivity index (χ4v) is 2.69. The summed E-state index contributed by atoms with van der Waals surface area (Å²) >= 11 is 0. The van der Waals surface area contributed by atoms with Gasteiger partial charge in [-0.25, -0.2) is 14.6 Å². The van der Waals surface area contributed by atoms with Crippen molar-refractivity contribution in [3.8, 4) is 0 Å². The molecule has 4 aromatic rings. The van der Waals surface area contributed by atoms with Crippen LogP contribution >= 0.6 is 0 Å². The highest BCUT2D eigenvalue weighted by Gasteiger charge is 2.14. The average molecular weight is 309 g/mol. The second kappa shape index (κ2) is 5.35. The van der Waals surface area contributed by atoms with Crippen LogP contribution in [0.4, 0.5) is 0 Å². The third-order valence-electron chi connectivity index (χ3n) is 3.79. The zero-order valence-electron chi connectivity index (χ0n) is 12.6. The molecule has 1 aromatic carbocycles. The Kier molecular flexibility index (Phi) is 3.18. The van der Waals surface area contributed by atoms with Crippen molar-refractivity contribution in [3.63, 3.8) is 0 Å². The lowest BCUT2D eigenvalue weighted by atomic mass is 10.2. The molecule has 0 unspecified atom stereocenters. The first-order chi connectivity index (χ1) is 11.3. The topological polar surface area (TPSA) is 78.7 Å². The van der Waals surface area contributed by atoms with E-state index < -0.39 is 0 Å². The van der Waals surface area contributed by atoms with Crippen LogP contribution in [0.3, 0.4) is 0 Å². The average Bonchev–Trinajstić information content (AvgIpc) is 3.15. The van der Waals surface area contributed by atoms with Gasteiger partial charge < -0.3 is 4.42 Å². The van der Waals surface area contributed by atoms with Crippen LogP contribution < -0.4 is 5.56 Å². The van der Waals surface area contributed by atoms with Gasteiger partial charge in [0.05, 0.1) is 12.9 Å². The third-order valence-corrected chi connectivity index (χ3v) is 3.79. The molecule has 116 valence electrons. The lowest BCUT2D eigenvalue weighted by Gasteiger charge is -2.06. The van der Waals surface area contributed by atoms with Crippen LogP contribution in [0.1, 0.15) is 19.2 Å². The number of rotatable bonds is 4. The van der Waals surface area contributed by atoms with E-state index >= 15 is 0 Å². The van der Waals surface area contributed by atoms with E-state index in [4.69, 9.17) is 4.42 Å². The molecule has 0 amide bonds. The van der Waals surface area contributed by atoms with Gasteiger partial charge in [0, 0.05) is 11.9 Å². The van der Waals surface area contributed by atoms with Crippen LogP contribution in [0.15, 0.2) is 46.1 Å². The smallest absolute Gasteiger partial charge is 0.297 e. The Labute approximate surface area is 131 Å². The lowest BCUT2D eigenvalue weighted by Crippen LogP contribution is -2.22. The Morgan fingerprint density at radius 3 is 2.96 bits per heavy atom. The van der Waals surface area contributed by atoms with E-state index in [1.807, 2.05) is 24.3 Å². The molecule has 3 heterocycles. The number of aryl methyl sites for hydroxylation is 1. The molecule has 0 N–H and O–H groups in total. The molecule has 0 atom stereocenters. The Bertz CT molecular complexity index is 1040. The van der Waals surface area contributed by atoms with E-state index in [-0.39, 0.29) is 11.1 Å². The number of nitrogens with zero attached hydrogens (tertiary/aromatic N) is 5. The van der Waals surface area contributed by atoms with Crippen LogP contribution in [0, 0.1) is 0 Å². The van der Waals surface area contributed by atoms with Crippen LogP contribution in [-0.4, -0.2) is 24.3 Å². The van der Waals surface area contributed by atoms with Crippen molar-refractivity contribution in [1.82, 2.24) is 24.3 Å². The van der Waals surface area contributed by atoms with Gasteiger partial charge in [-0.15, -0.1) is 0 Å². The number of para-hydroxylation sites is 1. The van der Waals surface area contributed by atoms with E-state index in [2.05, 4.69) is 22.0 Å². The summed E-state index contributed by atoms with van der Waals surface area (Å²) in [7, 11) is 0. The second-order valence-corrected chi connectivity index (χ2v) is 5.35. The van der Waals surface area contributed by atoms with Crippen molar-refractivity contribution in [2.75, 3.05) is 0 Å². The SMILES string of the molecule is CCCn1ncnc1Cn1cnc2c(oc3ccccc32)c1=O. The van der Waals surface area contributed by atoms with E-state index in [1.165, 1.54) is 17.2 Å². The molecule has 0 saturated heterocycles. The molecule has 0 spiro atoms. The zero-order chi connectivity index (χ0) is 15.8. The Morgan fingerprint density at radius 2 is 2.09 bits per heavy atom. The first kappa shape index (κ1) is 13.7. The van der Waals surface area contributed by atoms with Gasteiger partial charge in [0.25, 0.3) is 5.56 Å². The predicted octanol–water partition coefficient (Wildman–Crippen LogP) is 2.19. The first-order valence-electron chi connectivity index (χ1n) is 7.51. The van der Waals surface area contributed by atoms with E-state index in [0.717, 1.165) is 24.2 Å². The van der Waals surface area contributed by atoms with Crippen molar-refractivity contribution in [2.45, 2.75) is 26.4 Å². The van der Waals surface area contributed by atoms with E-state index in [0.29, 0.717) is 17.6 Å². The van der Waals surface area contributed by atoms with Gasteiger partial charge in [0.1, 0.15) is 23.3 Å². The van der Waals surface area contributed by atoms with Crippen LogP contribution in [-0.2, 0) is 13.1 Å². The molecule has 3 aromatic heterocycles.